The van der Waals surface area contributed by atoms with E-state index in [1.165, 1.54) is 28.9 Å². The van der Waals surface area contributed by atoms with Crippen LogP contribution in [-0.2, 0) is 14.4 Å². The number of amides is 2. The quantitative estimate of drug-likeness (QED) is 0.0843. The van der Waals surface area contributed by atoms with E-state index in [1.54, 1.807) is 23.9 Å². The standard InChI is InChI=1S/C19H16N6O5S3.Na/c20-19-22-11(8-33-19)12(24-30)15(26)23-13-16(27)25-14(18(28)29)9(7-32-17(13)25)3-6-31-10-1-4-21-5-2-10;/h1-6,8,13,17,30H,7H2,(H2,20,22)(H,23,26)(H,28,29);/q;+1/p-1/b6-3+,24-12+;/t13?,17-;/m1./s1. The largest absolute Gasteiger partial charge is 1.00 e. The first-order chi connectivity index (χ1) is 15.9. The van der Waals surface area contributed by atoms with Gasteiger partial charge in [0.1, 0.15) is 17.1 Å². The van der Waals surface area contributed by atoms with Crippen molar-refractivity contribution in [1.82, 2.24) is 20.2 Å². The number of carboxylic acid groups (broad SMARTS) is 1. The summed E-state index contributed by atoms with van der Waals surface area (Å²) in [5.74, 6) is -2.63. The van der Waals surface area contributed by atoms with E-state index < -0.39 is 34.9 Å². The van der Waals surface area contributed by atoms with Gasteiger partial charge in [0.05, 0.1) is 11.7 Å². The number of β-lactam (4-membered cyclic amide) rings is 1. The summed E-state index contributed by atoms with van der Waals surface area (Å²) in [6, 6.07) is 2.62. The van der Waals surface area contributed by atoms with Gasteiger partial charge < -0.3 is 26.2 Å². The first-order valence-electron chi connectivity index (χ1n) is 9.27. The van der Waals surface area contributed by atoms with Gasteiger partial charge in [0.25, 0.3) is 11.8 Å². The minimum atomic E-state index is -1.48. The third kappa shape index (κ3) is 5.31. The summed E-state index contributed by atoms with van der Waals surface area (Å²) in [5, 5.41) is 29.2. The summed E-state index contributed by atoms with van der Waals surface area (Å²) in [5.41, 5.74) is 5.39. The molecule has 2 aromatic heterocycles. The summed E-state index contributed by atoms with van der Waals surface area (Å²) in [6.45, 7) is 0. The number of hydrogen-bond acceptors (Lipinski definition) is 12. The number of allylic oxidation sites excluding steroid dienone is 1. The van der Waals surface area contributed by atoms with Crippen molar-refractivity contribution in [3.63, 3.8) is 0 Å². The van der Waals surface area contributed by atoms with E-state index in [0.29, 0.717) is 11.3 Å². The number of aliphatic carboxylic acids is 1. The first kappa shape index (κ1) is 26.2. The predicted octanol–water partition coefficient (Wildman–Crippen LogP) is -2.99. The van der Waals surface area contributed by atoms with E-state index in [2.05, 4.69) is 20.4 Å². The number of oxime groups is 1. The molecule has 170 valence electrons. The van der Waals surface area contributed by atoms with Crippen LogP contribution in [0.1, 0.15) is 5.69 Å². The second-order valence-corrected chi connectivity index (χ2v) is 9.62. The minimum Gasteiger partial charge on any atom is -0.543 e. The fraction of sp³-hybridized carbons (Fsp3) is 0.158. The van der Waals surface area contributed by atoms with E-state index in [9.17, 15) is 24.7 Å². The van der Waals surface area contributed by atoms with Crippen molar-refractivity contribution in [1.29, 1.82) is 0 Å². The topological polar surface area (TPSA) is 174 Å². The Kier molecular flexibility index (Phi) is 8.78. The van der Waals surface area contributed by atoms with Gasteiger partial charge in [-0.15, -0.1) is 23.1 Å². The zero-order valence-electron chi connectivity index (χ0n) is 17.6. The molecule has 2 atom stereocenters. The number of thioether (sulfide) groups is 2. The van der Waals surface area contributed by atoms with Gasteiger partial charge in [-0.25, -0.2) is 4.98 Å². The van der Waals surface area contributed by atoms with Crippen molar-refractivity contribution in [3.05, 3.63) is 58.4 Å². The average Bonchev–Trinajstić information content (AvgIpc) is 3.23. The van der Waals surface area contributed by atoms with Gasteiger partial charge in [-0.2, -0.15) is 0 Å². The van der Waals surface area contributed by atoms with Crippen LogP contribution in [0.5, 0.6) is 0 Å². The van der Waals surface area contributed by atoms with Crippen LogP contribution in [0, 0.1) is 0 Å². The number of carbonyl (C=O) groups excluding carboxylic acids is 3. The molecule has 11 nitrogen and oxygen atoms in total. The molecule has 4 heterocycles. The number of nitrogens with zero attached hydrogens (tertiary/aromatic N) is 4. The van der Waals surface area contributed by atoms with Crippen LogP contribution in [0.4, 0.5) is 5.13 Å². The molecule has 0 bridgehead atoms. The minimum absolute atomic E-state index is 0. The summed E-state index contributed by atoms with van der Waals surface area (Å²) < 4.78 is 0. The average molecular weight is 527 g/mol. The molecule has 4 N–H and O–H groups in total. The van der Waals surface area contributed by atoms with E-state index in [0.717, 1.165) is 21.1 Å². The van der Waals surface area contributed by atoms with E-state index in [1.807, 2.05) is 12.1 Å². The Balaban J connectivity index is 0.00000324. The molecule has 1 fully saturated rings. The van der Waals surface area contributed by atoms with E-state index in [4.69, 9.17) is 5.73 Å². The Labute approximate surface area is 227 Å². The number of carboxylic acids is 1. The van der Waals surface area contributed by atoms with Gasteiger partial charge in [0.15, 0.2) is 10.8 Å². The van der Waals surface area contributed by atoms with Gasteiger partial charge in [-0.3, -0.25) is 19.5 Å². The molecule has 2 aliphatic heterocycles. The predicted molar refractivity (Wildman–Crippen MR) is 121 cm³/mol. The Hall–Kier alpha value is -2.36. The molecule has 1 unspecified atom stereocenters. The molecule has 15 heteroatoms. The van der Waals surface area contributed by atoms with Crippen LogP contribution in [-0.4, -0.2) is 60.7 Å². The zero-order chi connectivity index (χ0) is 23.5. The van der Waals surface area contributed by atoms with Crippen LogP contribution in [0.3, 0.4) is 0 Å². The maximum absolute atomic E-state index is 12.7. The number of pyridine rings is 1. The van der Waals surface area contributed by atoms with Crippen LogP contribution >= 0.6 is 34.9 Å². The van der Waals surface area contributed by atoms with Gasteiger partial charge in [0.2, 0.25) is 0 Å². The maximum Gasteiger partial charge on any atom is 1.00 e. The fourth-order valence-corrected chi connectivity index (χ4v) is 5.73. The van der Waals surface area contributed by atoms with Crippen molar-refractivity contribution < 1.29 is 54.3 Å². The van der Waals surface area contributed by atoms with Crippen molar-refractivity contribution in [2.24, 2.45) is 5.16 Å². The number of anilines is 1. The van der Waals surface area contributed by atoms with Crippen LogP contribution in [0.2, 0.25) is 0 Å². The molecule has 1 saturated heterocycles. The third-order valence-corrected chi connectivity index (χ3v) is 7.47. The summed E-state index contributed by atoms with van der Waals surface area (Å²) in [4.78, 5) is 47.0. The number of fused-ring (bicyclic) bond motifs is 1. The Bertz CT molecular complexity index is 1200. The molecule has 2 aromatic rings. The van der Waals surface area contributed by atoms with Gasteiger partial charge in [0, 0.05) is 28.4 Å². The van der Waals surface area contributed by atoms with Crippen molar-refractivity contribution >= 4 is 63.5 Å². The molecule has 2 amide bonds. The van der Waals surface area contributed by atoms with Crippen LogP contribution < -0.4 is 45.7 Å². The second kappa shape index (κ2) is 11.4. The van der Waals surface area contributed by atoms with Gasteiger partial charge in [-0.1, -0.05) is 16.9 Å². The van der Waals surface area contributed by atoms with E-state index in [-0.39, 0.29) is 46.1 Å². The van der Waals surface area contributed by atoms with Gasteiger partial charge >= 0.3 is 29.6 Å². The SMILES string of the molecule is Nc1nc(/C(=N\O)C(=O)NC2C(=O)N3C(C(=O)[O-])=C(/C=C/Sc4ccncc4)CS[C@H]23)cs1.[Na+]. The monoisotopic (exact) mass is 526 g/mol. The number of hydrogen-bond donors (Lipinski definition) is 3. The molecule has 0 aromatic carbocycles. The fourth-order valence-electron chi connectivity index (χ4n) is 3.19. The molecule has 0 radical (unpaired) electrons. The van der Waals surface area contributed by atoms with Crippen molar-refractivity contribution in [3.8, 4) is 0 Å². The van der Waals surface area contributed by atoms with Crippen molar-refractivity contribution in [2.75, 3.05) is 11.5 Å². The number of rotatable bonds is 7. The number of nitrogens with one attached hydrogen (secondary N) is 1. The molecule has 0 aliphatic carbocycles. The molecular formula is C19H15N6NaO5S3. The molecular weight excluding hydrogens is 511 g/mol. The second-order valence-electron chi connectivity index (χ2n) is 6.65. The number of nitrogens with two attached hydrogens (primary N) is 1. The molecule has 2 aliphatic rings. The number of thiazole rings is 1. The molecule has 34 heavy (non-hydrogen) atoms. The number of aromatic nitrogens is 2. The Morgan fingerprint density at radius 3 is 2.74 bits per heavy atom. The van der Waals surface area contributed by atoms with Crippen LogP contribution in [0.15, 0.2) is 62.7 Å². The Morgan fingerprint density at radius 1 is 1.38 bits per heavy atom. The molecule has 0 spiro atoms. The van der Waals surface area contributed by atoms with E-state index >= 15 is 0 Å². The Morgan fingerprint density at radius 2 is 2.12 bits per heavy atom. The summed E-state index contributed by atoms with van der Waals surface area (Å²) >= 11 is 3.73. The normalized spacial score (nSPS) is 19.9. The maximum atomic E-state index is 12.7. The molecule has 4 rings (SSSR count). The first-order valence-corrected chi connectivity index (χ1v) is 12.1. The van der Waals surface area contributed by atoms with Crippen LogP contribution in [0.25, 0.3) is 0 Å². The summed E-state index contributed by atoms with van der Waals surface area (Å²) in [7, 11) is 0. The van der Waals surface area contributed by atoms with Crippen molar-refractivity contribution in [2.45, 2.75) is 16.3 Å². The third-order valence-electron chi connectivity index (χ3n) is 4.68. The number of carbonyl (C=O) groups is 3. The summed E-state index contributed by atoms with van der Waals surface area (Å²) in [6.07, 6.45) is 4.92. The molecule has 0 saturated carbocycles. The number of nitrogen functional groups attached to an aromatic ring is 1. The zero-order valence-corrected chi connectivity index (χ0v) is 22.0. The smallest absolute Gasteiger partial charge is 0.543 e. The van der Waals surface area contributed by atoms with Gasteiger partial charge in [-0.05, 0) is 29.2 Å².